The highest BCUT2D eigenvalue weighted by molar-refractivity contribution is 5.08. The van der Waals surface area contributed by atoms with Gasteiger partial charge in [-0.15, -0.1) is 5.10 Å². The van der Waals surface area contributed by atoms with Gasteiger partial charge in [0.05, 0.1) is 31.6 Å². The van der Waals surface area contributed by atoms with Crippen molar-refractivity contribution >= 4 is 0 Å². The van der Waals surface area contributed by atoms with Gasteiger partial charge in [0.25, 0.3) is 0 Å². The van der Waals surface area contributed by atoms with E-state index in [1.54, 1.807) is 18.0 Å². The van der Waals surface area contributed by atoms with Gasteiger partial charge < -0.3 is 29.5 Å². The number of aromatic nitrogens is 3. The molecule has 0 aromatic carbocycles. The molecule has 0 aliphatic carbocycles. The van der Waals surface area contributed by atoms with Gasteiger partial charge in [-0.3, -0.25) is 0 Å². The molecule has 24 heavy (non-hydrogen) atoms. The van der Waals surface area contributed by atoms with Crippen molar-refractivity contribution in [3.63, 3.8) is 0 Å². The molecular formula is C15H25N3O6. The Balaban J connectivity index is 1.69. The molecule has 136 valence electrons. The Bertz CT molecular complexity index is 533. The molecule has 4 atom stereocenters. The minimum Gasteiger partial charge on any atom is -0.394 e. The molecule has 0 bridgehead atoms. The molecule has 2 fully saturated rings. The predicted molar refractivity (Wildman–Crippen MR) is 81.1 cm³/mol. The normalized spacial score (nSPS) is 33.5. The second-order valence-corrected chi connectivity index (χ2v) is 6.44. The number of aliphatic hydroxyl groups excluding tert-OH is 2. The first kappa shape index (κ1) is 17.7. The highest BCUT2D eigenvalue weighted by Gasteiger charge is 2.38. The lowest BCUT2D eigenvalue weighted by Crippen LogP contribution is -2.50. The fourth-order valence-electron chi connectivity index (χ4n) is 3.27. The quantitative estimate of drug-likeness (QED) is 0.610. The van der Waals surface area contributed by atoms with Crippen LogP contribution in [0.15, 0.2) is 6.20 Å². The van der Waals surface area contributed by atoms with Gasteiger partial charge >= 0.3 is 0 Å². The van der Waals surface area contributed by atoms with Gasteiger partial charge in [0.1, 0.15) is 23.5 Å². The molecule has 0 spiro atoms. The molecule has 4 unspecified atom stereocenters. The summed E-state index contributed by atoms with van der Waals surface area (Å²) in [7, 11) is 1.56. The van der Waals surface area contributed by atoms with Crippen LogP contribution in [0.3, 0.4) is 0 Å². The van der Waals surface area contributed by atoms with E-state index >= 15 is 0 Å². The smallest absolute Gasteiger partial charge is 0.114 e. The molecule has 3 rings (SSSR count). The second kappa shape index (κ2) is 7.42. The molecule has 0 saturated carbocycles. The zero-order chi connectivity index (χ0) is 17.2. The van der Waals surface area contributed by atoms with Crippen molar-refractivity contribution in [2.45, 2.75) is 55.8 Å². The third-order valence-corrected chi connectivity index (χ3v) is 4.85. The molecular weight excluding hydrogens is 318 g/mol. The fourth-order valence-corrected chi connectivity index (χ4v) is 3.27. The van der Waals surface area contributed by atoms with Crippen LogP contribution in [0, 0.1) is 0 Å². The first-order valence-electron chi connectivity index (χ1n) is 8.23. The van der Waals surface area contributed by atoms with Gasteiger partial charge in [-0.1, -0.05) is 5.21 Å². The van der Waals surface area contributed by atoms with E-state index in [4.69, 9.17) is 14.2 Å². The Morgan fingerprint density at radius 1 is 1.38 bits per heavy atom. The third-order valence-electron chi connectivity index (χ3n) is 4.85. The molecule has 2 saturated heterocycles. The Labute approximate surface area is 140 Å². The minimum atomic E-state index is -1.01. The highest BCUT2D eigenvalue weighted by Crippen LogP contribution is 2.30. The summed E-state index contributed by atoms with van der Waals surface area (Å²) < 4.78 is 18.0. The molecule has 0 amide bonds. The number of ether oxygens (including phenoxy) is 3. The standard InChI is InChI=1S/C15H25N3O6/c1-22-11-6-10(20)13(9-19)24-12(11)7-18-8-14(16-17-18)15(21)2-4-23-5-3-15/h8,10-13,19-21H,2-7,9H2,1H3. The molecule has 2 aliphatic heterocycles. The molecule has 1 aromatic heterocycles. The van der Waals surface area contributed by atoms with Gasteiger partial charge in [-0.25, -0.2) is 4.68 Å². The van der Waals surface area contributed by atoms with Gasteiger partial charge in [-0.05, 0) is 0 Å². The van der Waals surface area contributed by atoms with E-state index in [-0.39, 0.29) is 18.8 Å². The average Bonchev–Trinajstić information content (AvgIpc) is 3.06. The lowest BCUT2D eigenvalue weighted by molar-refractivity contribution is -0.190. The molecule has 2 aliphatic rings. The van der Waals surface area contributed by atoms with Crippen LogP contribution in [-0.4, -0.2) is 81.7 Å². The summed E-state index contributed by atoms with van der Waals surface area (Å²) >= 11 is 0. The largest absolute Gasteiger partial charge is 0.394 e. The number of hydrogen-bond acceptors (Lipinski definition) is 8. The first-order chi connectivity index (χ1) is 11.6. The Kier molecular flexibility index (Phi) is 5.48. The molecule has 9 heteroatoms. The Morgan fingerprint density at radius 3 is 2.79 bits per heavy atom. The van der Waals surface area contributed by atoms with E-state index < -0.39 is 17.8 Å². The van der Waals surface area contributed by atoms with Crippen molar-refractivity contribution in [3.8, 4) is 0 Å². The summed E-state index contributed by atoms with van der Waals surface area (Å²) in [6.07, 6.45) is 1.01. The highest BCUT2D eigenvalue weighted by atomic mass is 16.6. The number of methoxy groups -OCH3 is 1. The van der Waals surface area contributed by atoms with Crippen LogP contribution in [0.2, 0.25) is 0 Å². The van der Waals surface area contributed by atoms with E-state index in [1.165, 1.54) is 0 Å². The van der Waals surface area contributed by atoms with E-state index in [1.807, 2.05) is 0 Å². The molecule has 9 nitrogen and oxygen atoms in total. The van der Waals surface area contributed by atoms with Crippen LogP contribution in [0.5, 0.6) is 0 Å². The van der Waals surface area contributed by atoms with Crippen LogP contribution >= 0.6 is 0 Å². The van der Waals surface area contributed by atoms with Crippen molar-refractivity contribution in [2.75, 3.05) is 26.9 Å². The summed E-state index contributed by atoms with van der Waals surface area (Å²) in [5.74, 6) is 0. The maximum Gasteiger partial charge on any atom is 0.114 e. The number of rotatable bonds is 5. The van der Waals surface area contributed by atoms with Crippen LogP contribution in [-0.2, 0) is 26.4 Å². The van der Waals surface area contributed by atoms with Crippen LogP contribution < -0.4 is 0 Å². The van der Waals surface area contributed by atoms with Crippen LogP contribution in [0.1, 0.15) is 25.0 Å². The van der Waals surface area contributed by atoms with E-state index in [0.29, 0.717) is 44.7 Å². The number of nitrogens with zero attached hydrogens (tertiary/aromatic N) is 3. The monoisotopic (exact) mass is 343 g/mol. The SMILES string of the molecule is COC1CC(O)C(CO)OC1Cn1cc(C2(O)CCOCC2)nn1. The van der Waals surface area contributed by atoms with Crippen LogP contribution in [0.4, 0.5) is 0 Å². The van der Waals surface area contributed by atoms with Crippen molar-refractivity contribution in [1.82, 2.24) is 15.0 Å². The van der Waals surface area contributed by atoms with Gasteiger partial charge in [-0.2, -0.15) is 0 Å². The maximum absolute atomic E-state index is 10.7. The molecule has 1 aromatic rings. The summed E-state index contributed by atoms with van der Waals surface area (Å²) in [6.45, 7) is 1.10. The Hall–Kier alpha value is -1.10. The van der Waals surface area contributed by atoms with E-state index in [9.17, 15) is 15.3 Å². The first-order valence-corrected chi connectivity index (χ1v) is 8.23. The Morgan fingerprint density at radius 2 is 2.12 bits per heavy atom. The van der Waals surface area contributed by atoms with Crippen LogP contribution in [0.25, 0.3) is 0 Å². The third kappa shape index (κ3) is 3.61. The van der Waals surface area contributed by atoms with E-state index in [2.05, 4.69) is 10.3 Å². The van der Waals surface area contributed by atoms with Gasteiger partial charge in [0.2, 0.25) is 0 Å². The van der Waals surface area contributed by atoms with Crippen molar-refractivity contribution in [2.24, 2.45) is 0 Å². The predicted octanol–water partition coefficient (Wildman–Crippen LogP) is -1.20. The van der Waals surface area contributed by atoms with Gasteiger partial charge in [0.15, 0.2) is 0 Å². The molecule has 3 N–H and O–H groups in total. The zero-order valence-electron chi connectivity index (χ0n) is 13.7. The number of aliphatic hydroxyl groups is 3. The fraction of sp³-hybridized carbons (Fsp3) is 0.867. The summed E-state index contributed by atoms with van der Waals surface area (Å²) in [4.78, 5) is 0. The lowest BCUT2D eigenvalue weighted by Gasteiger charge is -2.38. The second-order valence-electron chi connectivity index (χ2n) is 6.44. The summed E-state index contributed by atoms with van der Waals surface area (Å²) in [5.41, 5.74) is -0.483. The number of hydrogen-bond donors (Lipinski definition) is 3. The zero-order valence-corrected chi connectivity index (χ0v) is 13.7. The lowest BCUT2D eigenvalue weighted by atomic mass is 9.91. The molecule has 0 radical (unpaired) electrons. The topological polar surface area (TPSA) is 119 Å². The molecule has 3 heterocycles. The van der Waals surface area contributed by atoms with Crippen molar-refractivity contribution in [1.29, 1.82) is 0 Å². The van der Waals surface area contributed by atoms with E-state index in [0.717, 1.165) is 0 Å². The van der Waals surface area contributed by atoms with Crippen molar-refractivity contribution in [3.05, 3.63) is 11.9 Å². The van der Waals surface area contributed by atoms with Crippen molar-refractivity contribution < 1.29 is 29.5 Å². The summed E-state index contributed by atoms with van der Waals surface area (Å²) in [6, 6.07) is 0. The van der Waals surface area contributed by atoms with Gasteiger partial charge in [0, 0.05) is 39.6 Å². The summed E-state index contributed by atoms with van der Waals surface area (Å²) in [5, 5.41) is 38.1. The maximum atomic E-state index is 10.7. The minimum absolute atomic E-state index is 0.254. The average molecular weight is 343 g/mol.